The van der Waals surface area contributed by atoms with Gasteiger partial charge in [-0.25, -0.2) is 0 Å². The highest BCUT2D eigenvalue weighted by molar-refractivity contribution is 6.33. The molecular formula is C46H58Cl4F6N10O7. The molecule has 6 rings (SSSR count). The maximum atomic E-state index is 13.1. The molecule has 0 saturated carbocycles. The van der Waals surface area contributed by atoms with Gasteiger partial charge in [0, 0.05) is 31.7 Å². The summed E-state index contributed by atoms with van der Waals surface area (Å²) in [7, 11) is 10.0. The van der Waals surface area contributed by atoms with Crippen LogP contribution in [0, 0.1) is 13.8 Å². The number of carboxylic acid groups (broad SMARTS) is 1. The van der Waals surface area contributed by atoms with Crippen molar-refractivity contribution < 1.29 is 60.1 Å². The molecule has 4 heterocycles. The number of alkyl halides is 6. The molecule has 404 valence electrons. The highest BCUT2D eigenvalue weighted by Crippen LogP contribution is 2.40. The first-order valence-electron chi connectivity index (χ1n) is 22.3. The minimum Gasteiger partial charge on any atom is -0.495 e. The van der Waals surface area contributed by atoms with Crippen molar-refractivity contribution in [1.82, 2.24) is 44.5 Å². The van der Waals surface area contributed by atoms with Gasteiger partial charge in [-0.1, -0.05) is 58.5 Å². The minimum absolute atomic E-state index is 0.0629. The molecule has 0 atom stereocenters. The summed E-state index contributed by atoms with van der Waals surface area (Å²) in [4.78, 5) is 54.6. The average molecular weight is 1120 g/mol. The van der Waals surface area contributed by atoms with Crippen molar-refractivity contribution in [1.29, 1.82) is 0 Å². The Bertz CT molecular complexity index is 2600. The third-order valence-corrected chi connectivity index (χ3v) is 13.6. The molecule has 27 heteroatoms. The number of nitrogens with two attached hydrogens (primary N) is 1. The zero-order chi connectivity index (χ0) is 55.0. The monoisotopic (exact) mass is 1120 g/mol. The number of hydrogen-bond donors (Lipinski definition) is 3. The molecule has 2 fully saturated rings. The molecule has 0 radical (unpaired) electrons. The molecule has 2 aliphatic heterocycles. The molecule has 17 nitrogen and oxygen atoms in total. The van der Waals surface area contributed by atoms with Gasteiger partial charge in [0.05, 0.1) is 64.3 Å². The van der Waals surface area contributed by atoms with E-state index in [1.54, 1.807) is 72.1 Å². The number of amides is 3. The van der Waals surface area contributed by atoms with Gasteiger partial charge in [0.25, 0.3) is 0 Å². The predicted molar refractivity (Wildman–Crippen MR) is 262 cm³/mol. The lowest BCUT2D eigenvalue weighted by Gasteiger charge is -2.43. The average Bonchev–Trinajstić information content (AvgIpc) is 3.75. The number of aromatic nitrogens is 4. The number of piperidine rings is 2. The SMILES string of the molecule is CN(C)CC(=O)O.COc1cc(C2(N)CCN(C(=O)Cn3nc(C(F)(F)F)c(Cl)c3C)CC2)ccc1Cl.COc1cc(C2(NC(=O)CN(C)C)CCN(C(=O)Cn3nc(C(F)(F)F)c(Cl)c3C)CC2)ccc1Cl. The number of nitrogens with zero attached hydrogens (tertiary/aromatic N) is 8. The quantitative estimate of drug-likeness (QED) is 0.113. The van der Waals surface area contributed by atoms with Gasteiger partial charge in [0.15, 0.2) is 11.4 Å². The molecule has 4 aromatic rings. The number of benzene rings is 2. The lowest BCUT2D eigenvalue weighted by Crippen LogP contribution is -2.55. The molecule has 0 spiro atoms. The summed E-state index contributed by atoms with van der Waals surface area (Å²) in [5.41, 5.74) is 4.51. The lowest BCUT2D eigenvalue weighted by molar-refractivity contribution is -0.142. The van der Waals surface area contributed by atoms with E-state index in [1.165, 1.54) is 28.1 Å². The van der Waals surface area contributed by atoms with E-state index >= 15 is 0 Å². The normalized spacial score (nSPS) is 15.5. The largest absolute Gasteiger partial charge is 0.495 e. The Balaban J connectivity index is 0.000000283. The summed E-state index contributed by atoms with van der Waals surface area (Å²) in [6.07, 6.45) is -7.66. The fourth-order valence-corrected chi connectivity index (χ4v) is 8.91. The topological polar surface area (TPSA) is 194 Å². The van der Waals surface area contributed by atoms with Gasteiger partial charge in [-0.05, 0) is 103 Å². The summed E-state index contributed by atoms with van der Waals surface area (Å²) >= 11 is 23.8. The van der Waals surface area contributed by atoms with E-state index in [0.717, 1.165) is 20.5 Å². The number of hydrogen-bond acceptors (Lipinski definition) is 11. The van der Waals surface area contributed by atoms with Gasteiger partial charge in [-0.2, -0.15) is 36.5 Å². The highest BCUT2D eigenvalue weighted by atomic mass is 35.5. The van der Waals surface area contributed by atoms with Gasteiger partial charge < -0.3 is 40.3 Å². The Hall–Kier alpha value is -5.04. The lowest BCUT2D eigenvalue weighted by atomic mass is 9.80. The van der Waals surface area contributed by atoms with Crippen LogP contribution in [0.2, 0.25) is 20.1 Å². The van der Waals surface area contributed by atoms with Gasteiger partial charge in [-0.3, -0.25) is 33.4 Å². The highest BCUT2D eigenvalue weighted by Gasteiger charge is 2.42. The number of nitrogens with one attached hydrogen (secondary N) is 1. The molecular weight excluding hydrogens is 1060 g/mol. The van der Waals surface area contributed by atoms with Crippen molar-refractivity contribution in [2.75, 3.05) is 81.7 Å². The number of likely N-dealkylation sites (tertiary alicyclic amines) is 2. The van der Waals surface area contributed by atoms with E-state index in [1.807, 2.05) is 12.1 Å². The number of methoxy groups -OCH3 is 2. The number of aliphatic carboxylic acids is 1. The maximum absolute atomic E-state index is 13.1. The Morgan fingerprint density at radius 2 is 1.07 bits per heavy atom. The summed E-state index contributed by atoms with van der Waals surface area (Å²) in [6.45, 7) is 3.62. The predicted octanol–water partition coefficient (Wildman–Crippen LogP) is 7.36. The van der Waals surface area contributed by atoms with Crippen molar-refractivity contribution >= 4 is 70.1 Å². The number of ether oxygens (including phenoxy) is 2. The van der Waals surface area contributed by atoms with Gasteiger partial charge in [-0.15, -0.1) is 0 Å². The second-order valence-electron chi connectivity index (χ2n) is 17.9. The molecule has 2 saturated heterocycles. The molecule has 3 amide bonds. The van der Waals surface area contributed by atoms with Crippen molar-refractivity contribution in [3.05, 3.63) is 90.4 Å². The van der Waals surface area contributed by atoms with E-state index in [2.05, 4.69) is 15.5 Å². The zero-order valence-electron chi connectivity index (χ0n) is 41.3. The third-order valence-electron chi connectivity index (χ3n) is 12.1. The Morgan fingerprint density at radius 1 is 0.685 bits per heavy atom. The molecule has 73 heavy (non-hydrogen) atoms. The maximum Gasteiger partial charge on any atom is 0.436 e. The second-order valence-corrected chi connectivity index (χ2v) is 19.5. The zero-order valence-corrected chi connectivity index (χ0v) is 44.3. The minimum atomic E-state index is -4.72. The van der Waals surface area contributed by atoms with Gasteiger partial charge in [0.2, 0.25) is 17.7 Å². The third kappa shape index (κ3) is 15.7. The standard InChI is InChI=1S/C23H28Cl2F3N5O3.C19H21Cl2F3N4O2.C4H9NO2/c1-14-20(25)21(23(26,27)28)30-33(14)13-19(35)32-9-7-22(8-10-32,29-18(34)12-31(2)3)15-5-6-16(24)17(11-15)36-4;1-11-16(21)17(19(22,23)24)26-28(11)10-15(29)27-7-5-18(25,6-8-27)12-3-4-13(20)14(9-12)30-2;1-5(2)3-4(6)7/h5-6,11H,7-10,12-13H2,1-4H3,(H,29,34);3-4,9H,5-8,10,25H2,1-2H3;3H2,1-2H3,(H,6,7). The Morgan fingerprint density at radius 3 is 1.41 bits per heavy atom. The number of halogens is 10. The molecule has 2 aliphatic rings. The van der Waals surface area contributed by atoms with Crippen LogP contribution in [0.25, 0.3) is 0 Å². The smallest absolute Gasteiger partial charge is 0.436 e. The summed E-state index contributed by atoms with van der Waals surface area (Å²) in [5.74, 6) is -0.737. The van der Waals surface area contributed by atoms with Crippen molar-refractivity contribution in [2.45, 2.75) is 76.1 Å². The molecule has 0 aliphatic carbocycles. The molecule has 4 N–H and O–H groups in total. The summed E-state index contributed by atoms with van der Waals surface area (Å²) in [6, 6.07) is 10.6. The Labute approximate surface area is 438 Å². The van der Waals surface area contributed by atoms with Crippen LogP contribution in [-0.2, 0) is 55.7 Å². The molecule has 2 aromatic heterocycles. The first kappa shape index (κ1) is 60.5. The van der Waals surface area contributed by atoms with Crippen molar-refractivity contribution in [3.63, 3.8) is 0 Å². The fraction of sp³-hybridized carbons (Fsp3) is 0.522. The van der Waals surface area contributed by atoms with Crippen LogP contribution in [0.3, 0.4) is 0 Å². The number of carbonyl (C=O) groups excluding carboxylic acids is 3. The molecule has 0 unspecified atom stereocenters. The van der Waals surface area contributed by atoms with E-state index in [-0.39, 0.29) is 62.5 Å². The van der Waals surface area contributed by atoms with Crippen LogP contribution in [0.15, 0.2) is 36.4 Å². The van der Waals surface area contributed by atoms with E-state index in [0.29, 0.717) is 60.3 Å². The number of carbonyl (C=O) groups is 4. The van der Waals surface area contributed by atoms with E-state index in [9.17, 15) is 45.5 Å². The summed E-state index contributed by atoms with van der Waals surface area (Å²) in [5, 5.41) is 18.0. The molecule has 2 aromatic carbocycles. The van der Waals surface area contributed by atoms with E-state index in [4.69, 9.17) is 66.7 Å². The molecule has 0 bridgehead atoms. The number of carboxylic acids is 1. The first-order chi connectivity index (χ1) is 33.9. The van der Waals surface area contributed by atoms with Crippen LogP contribution in [0.5, 0.6) is 11.5 Å². The fourth-order valence-electron chi connectivity index (χ4n) is 8.03. The van der Waals surface area contributed by atoms with Crippen LogP contribution in [0.1, 0.15) is 59.6 Å². The van der Waals surface area contributed by atoms with Gasteiger partial charge in [0.1, 0.15) is 24.6 Å². The second kappa shape index (κ2) is 25.0. The van der Waals surface area contributed by atoms with E-state index < -0.39 is 56.7 Å². The Kier molecular flexibility index (Phi) is 20.7. The van der Waals surface area contributed by atoms with Crippen LogP contribution in [-0.4, -0.2) is 150 Å². The van der Waals surface area contributed by atoms with Gasteiger partial charge >= 0.3 is 18.3 Å². The van der Waals surface area contributed by atoms with Crippen molar-refractivity contribution in [2.24, 2.45) is 5.73 Å². The summed E-state index contributed by atoms with van der Waals surface area (Å²) < 4.78 is 90.9. The van der Waals surface area contributed by atoms with Crippen LogP contribution >= 0.6 is 46.4 Å². The van der Waals surface area contributed by atoms with Crippen LogP contribution in [0.4, 0.5) is 26.3 Å². The van der Waals surface area contributed by atoms with Crippen LogP contribution < -0.4 is 20.5 Å². The van der Waals surface area contributed by atoms with Crippen molar-refractivity contribution in [3.8, 4) is 11.5 Å². The number of likely N-dealkylation sites (N-methyl/N-ethyl adjacent to an activating group) is 2. The number of rotatable bonds is 13. The first-order valence-corrected chi connectivity index (χ1v) is 23.8.